The first kappa shape index (κ1) is 25.7. The van der Waals surface area contributed by atoms with E-state index < -0.39 is 0 Å². The first-order valence-electron chi connectivity index (χ1n) is 13.8. The molecule has 5 heterocycles. The fraction of sp³-hybridized carbons (Fsp3) is 0.536. The number of piperazine rings is 1. The molecule has 0 unspecified atom stereocenters. The number of anilines is 1. The molecule has 2 aliphatic heterocycles. The smallest absolute Gasteiger partial charge is 0.239 e. The lowest BCUT2D eigenvalue weighted by Gasteiger charge is -2.42. The molecule has 206 valence electrons. The number of fused-ring (bicyclic) bond motifs is 2. The molecule has 0 aliphatic carbocycles. The summed E-state index contributed by atoms with van der Waals surface area (Å²) >= 11 is 0. The predicted octanol–water partition coefficient (Wildman–Crippen LogP) is 2.54. The topological polar surface area (TPSA) is 97.4 Å². The van der Waals surface area contributed by atoms with Gasteiger partial charge in [-0.15, -0.1) is 0 Å². The number of amides is 1. The molecule has 3 aromatic heterocycles. The number of aromatic nitrogens is 6. The lowest BCUT2D eigenvalue weighted by molar-refractivity contribution is -0.141. The zero-order chi connectivity index (χ0) is 27.3. The van der Waals surface area contributed by atoms with E-state index in [2.05, 4.69) is 52.7 Å². The third-order valence-electron chi connectivity index (χ3n) is 7.71. The van der Waals surface area contributed by atoms with Gasteiger partial charge in [-0.2, -0.15) is 9.97 Å². The number of carbonyl (C=O) groups is 1. The summed E-state index contributed by atoms with van der Waals surface area (Å²) in [4.78, 5) is 39.4. The molecule has 11 heteroatoms. The highest BCUT2D eigenvalue weighted by molar-refractivity contribution is 5.86. The zero-order valence-corrected chi connectivity index (χ0v) is 23.5. The molecule has 0 saturated carbocycles. The summed E-state index contributed by atoms with van der Waals surface area (Å²) in [7, 11) is 2.00. The lowest BCUT2D eigenvalue weighted by Crippen LogP contribution is -2.56. The molecule has 2 saturated heterocycles. The van der Waals surface area contributed by atoms with Gasteiger partial charge >= 0.3 is 0 Å². The number of hydrogen-bond acceptors (Lipinski definition) is 8. The average Bonchev–Trinajstić information content (AvgIpc) is 3.45. The first-order valence-corrected chi connectivity index (χ1v) is 13.8. The minimum atomic E-state index is -0.172. The number of aryl methyl sites for hydroxylation is 2. The molecule has 0 spiro atoms. The molecule has 1 amide bonds. The molecular formula is C28H37N9O2. The van der Waals surface area contributed by atoms with Crippen molar-refractivity contribution >= 4 is 33.9 Å². The molecule has 2 fully saturated rings. The van der Waals surface area contributed by atoms with Crippen molar-refractivity contribution in [1.82, 2.24) is 38.9 Å². The van der Waals surface area contributed by atoms with Crippen LogP contribution in [0.4, 0.5) is 5.82 Å². The Hall–Kier alpha value is -3.57. The van der Waals surface area contributed by atoms with Crippen LogP contribution in [-0.2, 0) is 29.5 Å². The van der Waals surface area contributed by atoms with Crippen molar-refractivity contribution < 1.29 is 9.53 Å². The van der Waals surface area contributed by atoms with Gasteiger partial charge in [0.25, 0.3) is 0 Å². The standard InChI is InChI=1S/C28H37N9O2/c1-6-21-29-19-9-7-8-10-20(19)37(21)27-31-25-24(26(32-27)35-13-15-39-16-14-35)30-22(33(25)5)17-34-11-12-36(23(38)18-34)28(2,3)4/h7-10H,6,11-18H2,1-5H3. The number of rotatable bonds is 5. The number of hydrogen-bond donors (Lipinski definition) is 0. The summed E-state index contributed by atoms with van der Waals surface area (Å²) in [6, 6.07) is 8.10. The van der Waals surface area contributed by atoms with E-state index in [-0.39, 0.29) is 11.4 Å². The Balaban J connectivity index is 1.43. The van der Waals surface area contributed by atoms with Crippen LogP contribution in [0.3, 0.4) is 0 Å². The number of carbonyl (C=O) groups excluding carboxylic acids is 1. The molecule has 1 aromatic carbocycles. The maximum Gasteiger partial charge on any atom is 0.239 e. The molecule has 0 radical (unpaired) electrons. The molecule has 0 atom stereocenters. The van der Waals surface area contributed by atoms with Gasteiger partial charge in [0.1, 0.15) is 11.6 Å². The molecule has 11 nitrogen and oxygen atoms in total. The van der Waals surface area contributed by atoms with Crippen molar-refractivity contribution in [3.05, 3.63) is 35.9 Å². The Labute approximate surface area is 228 Å². The Kier molecular flexibility index (Phi) is 6.50. The van der Waals surface area contributed by atoms with Gasteiger partial charge in [-0.05, 0) is 32.9 Å². The molecule has 6 rings (SSSR count). The van der Waals surface area contributed by atoms with Crippen molar-refractivity contribution in [1.29, 1.82) is 0 Å². The van der Waals surface area contributed by atoms with Crippen LogP contribution in [0.5, 0.6) is 0 Å². The van der Waals surface area contributed by atoms with Crippen molar-refractivity contribution in [3.8, 4) is 5.95 Å². The molecular weight excluding hydrogens is 494 g/mol. The fourth-order valence-corrected chi connectivity index (χ4v) is 5.62. The Bertz CT molecular complexity index is 1530. The lowest BCUT2D eigenvalue weighted by atomic mass is 10.0. The van der Waals surface area contributed by atoms with Gasteiger partial charge < -0.3 is 19.1 Å². The van der Waals surface area contributed by atoms with Crippen molar-refractivity contribution in [2.24, 2.45) is 7.05 Å². The van der Waals surface area contributed by atoms with Crippen LogP contribution in [0, 0.1) is 0 Å². The average molecular weight is 532 g/mol. The molecule has 2 aliphatic rings. The highest BCUT2D eigenvalue weighted by Gasteiger charge is 2.32. The van der Waals surface area contributed by atoms with Crippen LogP contribution in [-0.4, -0.2) is 96.3 Å². The quantitative estimate of drug-likeness (QED) is 0.388. The van der Waals surface area contributed by atoms with E-state index in [0.29, 0.717) is 38.8 Å². The van der Waals surface area contributed by atoms with Gasteiger partial charge in [0.05, 0.1) is 37.3 Å². The largest absolute Gasteiger partial charge is 0.378 e. The van der Waals surface area contributed by atoms with E-state index in [1.54, 1.807) is 0 Å². The maximum atomic E-state index is 12.9. The summed E-state index contributed by atoms with van der Waals surface area (Å²) in [5, 5.41) is 0. The summed E-state index contributed by atoms with van der Waals surface area (Å²) in [5.74, 6) is 3.35. The normalized spacial score (nSPS) is 17.6. The predicted molar refractivity (Wildman–Crippen MR) is 150 cm³/mol. The van der Waals surface area contributed by atoms with Crippen molar-refractivity contribution in [2.45, 2.75) is 46.2 Å². The Morgan fingerprint density at radius 3 is 2.44 bits per heavy atom. The van der Waals surface area contributed by atoms with E-state index in [0.717, 1.165) is 65.7 Å². The molecule has 39 heavy (non-hydrogen) atoms. The number of benzene rings is 1. The van der Waals surface area contributed by atoms with Gasteiger partial charge in [0, 0.05) is 45.2 Å². The molecule has 0 N–H and O–H groups in total. The summed E-state index contributed by atoms with van der Waals surface area (Å²) in [5.41, 5.74) is 3.29. The zero-order valence-electron chi connectivity index (χ0n) is 23.5. The van der Waals surface area contributed by atoms with Gasteiger partial charge in [-0.1, -0.05) is 19.1 Å². The number of imidazole rings is 2. The number of para-hydroxylation sites is 2. The summed E-state index contributed by atoms with van der Waals surface area (Å²) in [6.45, 7) is 13.6. The highest BCUT2D eigenvalue weighted by Crippen LogP contribution is 2.29. The number of ether oxygens (including phenoxy) is 1. The van der Waals surface area contributed by atoms with E-state index in [4.69, 9.17) is 24.7 Å². The molecule has 4 aromatic rings. The van der Waals surface area contributed by atoms with Gasteiger partial charge in [-0.3, -0.25) is 14.3 Å². The number of morpholine rings is 1. The minimum absolute atomic E-state index is 0.155. The number of nitrogens with zero attached hydrogens (tertiary/aromatic N) is 9. The van der Waals surface area contributed by atoms with Gasteiger partial charge in [0.2, 0.25) is 11.9 Å². The first-order chi connectivity index (χ1) is 18.7. The van der Waals surface area contributed by atoms with Crippen LogP contribution < -0.4 is 4.90 Å². The van der Waals surface area contributed by atoms with Gasteiger partial charge in [0.15, 0.2) is 17.0 Å². The molecule has 0 bridgehead atoms. The van der Waals surface area contributed by atoms with Gasteiger partial charge in [-0.25, -0.2) is 9.97 Å². The summed E-state index contributed by atoms with van der Waals surface area (Å²) in [6.07, 6.45) is 0.758. The Morgan fingerprint density at radius 1 is 0.949 bits per heavy atom. The second-order valence-corrected chi connectivity index (χ2v) is 11.3. The van der Waals surface area contributed by atoms with Crippen molar-refractivity contribution in [3.63, 3.8) is 0 Å². The third-order valence-corrected chi connectivity index (χ3v) is 7.71. The monoisotopic (exact) mass is 531 g/mol. The minimum Gasteiger partial charge on any atom is -0.378 e. The van der Waals surface area contributed by atoms with Crippen LogP contribution in [0.25, 0.3) is 28.1 Å². The van der Waals surface area contributed by atoms with E-state index in [1.807, 2.05) is 30.1 Å². The van der Waals surface area contributed by atoms with Crippen LogP contribution in [0.15, 0.2) is 24.3 Å². The fourth-order valence-electron chi connectivity index (χ4n) is 5.62. The van der Waals surface area contributed by atoms with E-state index in [1.165, 1.54) is 0 Å². The van der Waals surface area contributed by atoms with E-state index in [9.17, 15) is 4.79 Å². The van der Waals surface area contributed by atoms with Crippen LogP contribution in [0.2, 0.25) is 0 Å². The third kappa shape index (κ3) is 4.63. The SMILES string of the molecule is CCc1nc2ccccc2n1-c1nc(N2CCOCC2)c2nc(CN3CCN(C(C)(C)C)C(=O)C3)n(C)c2n1. The second kappa shape index (κ2) is 9.87. The van der Waals surface area contributed by atoms with Crippen molar-refractivity contribution in [2.75, 3.05) is 50.8 Å². The van der Waals surface area contributed by atoms with Crippen LogP contribution in [0.1, 0.15) is 39.3 Å². The Morgan fingerprint density at radius 2 is 1.72 bits per heavy atom. The van der Waals surface area contributed by atoms with E-state index >= 15 is 0 Å². The maximum absolute atomic E-state index is 12.9. The summed E-state index contributed by atoms with van der Waals surface area (Å²) < 4.78 is 9.75. The second-order valence-electron chi connectivity index (χ2n) is 11.3. The van der Waals surface area contributed by atoms with Crippen LogP contribution >= 0.6 is 0 Å². The highest BCUT2D eigenvalue weighted by atomic mass is 16.5.